The zero-order chi connectivity index (χ0) is 14.8. The highest BCUT2D eigenvalue weighted by molar-refractivity contribution is 5.63. The topological polar surface area (TPSA) is 42.4 Å². The minimum atomic E-state index is -4.77. The van der Waals surface area contributed by atoms with E-state index in [1.165, 1.54) is 18.2 Å². The minimum absolute atomic E-state index is 0.172. The average Bonchev–Trinajstić information content (AvgIpc) is 2.38. The van der Waals surface area contributed by atoms with Gasteiger partial charge in [0.25, 0.3) is 0 Å². The molecule has 0 unspecified atom stereocenters. The van der Waals surface area contributed by atoms with Crippen molar-refractivity contribution in [2.45, 2.75) is 13.0 Å². The fourth-order valence-corrected chi connectivity index (χ4v) is 1.66. The van der Waals surface area contributed by atoms with E-state index in [1.54, 1.807) is 0 Å². The van der Waals surface area contributed by atoms with Gasteiger partial charge in [0, 0.05) is 11.1 Å². The molecule has 3 nitrogen and oxygen atoms in total. The lowest BCUT2D eigenvalue weighted by molar-refractivity contribution is -0.274. The lowest BCUT2D eigenvalue weighted by Crippen LogP contribution is -2.16. The fourth-order valence-electron chi connectivity index (χ4n) is 1.66. The molecule has 0 spiro atoms. The Bertz CT molecular complexity index is 596. The van der Waals surface area contributed by atoms with Crippen molar-refractivity contribution in [3.63, 3.8) is 0 Å². The molecule has 1 heterocycles. The quantitative estimate of drug-likeness (QED) is 0.696. The summed E-state index contributed by atoms with van der Waals surface area (Å²) in [5.74, 6) is -1.13. The van der Waals surface area contributed by atoms with E-state index in [1.807, 2.05) is 0 Å². The summed E-state index contributed by atoms with van der Waals surface area (Å²) in [4.78, 5) is 3.63. The maximum Gasteiger partial charge on any atom is 0.573 e. The molecule has 7 heteroatoms. The van der Waals surface area contributed by atoms with E-state index >= 15 is 0 Å². The van der Waals surface area contributed by atoms with Crippen molar-refractivity contribution < 1.29 is 27.4 Å². The van der Waals surface area contributed by atoms with Gasteiger partial charge in [-0.1, -0.05) is 6.07 Å². The van der Waals surface area contributed by atoms with Gasteiger partial charge in [-0.05, 0) is 30.3 Å². The molecule has 1 aromatic carbocycles. The molecule has 1 N–H and O–H groups in total. The Morgan fingerprint density at radius 1 is 1.05 bits per heavy atom. The van der Waals surface area contributed by atoms with Crippen LogP contribution in [0.5, 0.6) is 5.75 Å². The number of aromatic nitrogens is 1. The normalized spacial score (nSPS) is 11.4. The zero-order valence-corrected chi connectivity index (χ0v) is 9.99. The van der Waals surface area contributed by atoms with Gasteiger partial charge in [-0.2, -0.15) is 4.39 Å². The van der Waals surface area contributed by atoms with Crippen molar-refractivity contribution in [2.24, 2.45) is 0 Å². The van der Waals surface area contributed by atoms with Gasteiger partial charge in [0.2, 0.25) is 5.95 Å². The standard InChI is InChI=1S/C13H9F4NO2/c14-11-6-3-9(7-19)12(18-11)8-1-4-10(5-2-8)20-13(15,16)17/h1-6,19H,7H2. The number of benzene rings is 1. The Balaban J connectivity index is 2.33. The number of ether oxygens (including phenoxy) is 1. The highest BCUT2D eigenvalue weighted by Gasteiger charge is 2.31. The minimum Gasteiger partial charge on any atom is -0.406 e. The van der Waals surface area contributed by atoms with Gasteiger partial charge in [0.15, 0.2) is 0 Å². The lowest BCUT2D eigenvalue weighted by atomic mass is 10.1. The highest BCUT2D eigenvalue weighted by Crippen LogP contribution is 2.27. The number of hydrogen-bond acceptors (Lipinski definition) is 3. The second kappa shape index (κ2) is 5.46. The van der Waals surface area contributed by atoms with Crippen molar-refractivity contribution in [1.82, 2.24) is 4.98 Å². The molecule has 0 amide bonds. The number of pyridine rings is 1. The zero-order valence-electron chi connectivity index (χ0n) is 9.99. The predicted molar refractivity (Wildman–Crippen MR) is 62.2 cm³/mol. The van der Waals surface area contributed by atoms with Gasteiger partial charge in [-0.25, -0.2) is 4.98 Å². The summed E-state index contributed by atoms with van der Waals surface area (Å²) in [6, 6.07) is 7.26. The van der Waals surface area contributed by atoms with Gasteiger partial charge in [0.05, 0.1) is 12.3 Å². The molecule has 0 radical (unpaired) electrons. The molecule has 0 atom stereocenters. The molecule has 1 aromatic heterocycles. The molecular formula is C13H9F4NO2. The first kappa shape index (κ1) is 14.3. The molecule has 106 valence electrons. The molecule has 20 heavy (non-hydrogen) atoms. The number of nitrogens with zero attached hydrogens (tertiary/aromatic N) is 1. The first-order chi connectivity index (χ1) is 9.39. The van der Waals surface area contributed by atoms with E-state index in [9.17, 15) is 17.6 Å². The third kappa shape index (κ3) is 3.45. The number of alkyl halides is 3. The van der Waals surface area contributed by atoms with E-state index in [4.69, 9.17) is 5.11 Å². The van der Waals surface area contributed by atoms with E-state index in [-0.39, 0.29) is 18.1 Å². The Morgan fingerprint density at radius 3 is 2.25 bits per heavy atom. The lowest BCUT2D eigenvalue weighted by Gasteiger charge is -2.10. The van der Waals surface area contributed by atoms with Crippen molar-refractivity contribution >= 4 is 0 Å². The van der Waals surface area contributed by atoms with Crippen molar-refractivity contribution in [1.29, 1.82) is 0 Å². The van der Waals surface area contributed by atoms with Crippen molar-refractivity contribution in [3.05, 3.63) is 47.9 Å². The molecule has 0 fully saturated rings. The van der Waals surface area contributed by atoms with Crippen LogP contribution >= 0.6 is 0 Å². The molecule has 0 aliphatic heterocycles. The maximum atomic E-state index is 13.1. The van der Waals surface area contributed by atoms with E-state index in [0.29, 0.717) is 11.1 Å². The maximum absolute atomic E-state index is 13.1. The molecule has 0 saturated carbocycles. The smallest absolute Gasteiger partial charge is 0.406 e. The molecule has 0 bridgehead atoms. The summed E-state index contributed by atoms with van der Waals surface area (Å²) in [6.45, 7) is -0.358. The van der Waals surface area contributed by atoms with Gasteiger partial charge < -0.3 is 9.84 Å². The van der Waals surface area contributed by atoms with E-state index < -0.39 is 12.3 Å². The Labute approximate surface area is 111 Å². The van der Waals surface area contributed by atoms with Crippen LogP contribution in [0.2, 0.25) is 0 Å². The number of hydrogen-bond donors (Lipinski definition) is 1. The summed E-state index contributed by atoms with van der Waals surface area (Å²) in [7, 11) is 0. The Kier molecular flexibility index (Phi) is 3.89. The van der Waals surface area contributed by atoms with Crippen LogP contribution in [0.25, 0.3) is 11.3 Å². The summed E-state index contributed by atoms with van der Waals surface area (Å²) < 4.78 is 52.9. The molecular weight excluding hydrogens is 278 g/mol. The number of aliphatic hydroxyl groups is 1. The predicted octanol–water partition coefficient (Wildman–Crippen LogP) is 3.28. The first-order valence-corrected chi connectivity index (χ1v) is 5.51. The number of halogens is 4. The monoisotopic (exact) mass is 287 g/mol. The van der Waals surface area contributed by atoms with Crippen LogP contribution in [0.3, 0.4) is 0 Å². The Morgan fingerprint density at radius 2 is 1.70 bits per heavy atom. The van der Waals surface area contributed by atoms with Gasteiger partial charge in [0.1, 0.15) is 5.75 Å². The first-order valence-electron chi connectivity index (χ1n) is 5.51. The molecule has 0 aliphatic carbocycles. The van der Waals surface area contributed by atoms with Crippen molar-refractivity contribution in [2.75, 3.05) is 0 Å². The van der Waals surface area contributed by atoms with Crippen LogP contribution in [0.4, 0.5) is 17.6 Å². The second-order valence-corrected chi connectivity index (χ2v) is 3.87. The summed E-state index contributed by atoms with van der Waals surface area (Å²) in [5.41, 5.74) is 0.921. The van der Waals surface area contributed by atoms with Crippen LogP contribution in [-0.2, 0) is 6.61 Å². The summed E-state index contributed by atoms with van der Waals surface area (Å²) >= 11 is 0. The van der Waals surface area contributed by atoms with Crippen LogP contribution in [0.15, 0.2) is 36.4 Å². The molecule has 0 saturated heterocycles. The SMILES string of the molecule is OCc1ccc(F)nc1-c1ccc(OC(F)(F)F)cc1. The Hall–Kier alpha value is -2.15. The van der Waals surface area contributed by atoms with Crippen LogP contribution < -0.4 is 4.74 Å². The number of rotatable bonds is 3. The molecule has 0 aliphatic rings. The summed E-state index contributed by atoms with van der Waals surface area (Å²) in [6.07, 6.45) is -4.77. The molecule has 2 rings (SSSR count). The van der Waals surface area contributed by atoms with Gasteiger partial charge in [-0.15, -0.1) is 13.2 Å². The van der Waals surface area contributed by atoms with Crippen LogP contribution in [0, 0.1) is 5.95 Å². The van der Waals surface area contributed by atoms with Crippen LogP contribution in [-0.4, -0.2) is 16.5 Å². The summed E-state index contributed by atoms with van der Waals surface area (Å²) in [5, 5.41) is 9.14. The average molecular weight is 287 g/mol. The number of aliphatic hydroxyl groups excluding tert-OH is 1. The third-order valence-corrected chi connectivity index (χ3v) is 2.48. The van der Waals surface area contributed by atoms with Crippen molar-refractivity contribution in [3.8, 4) is 17.0 Å². The van der Waals surface area contributed by atoms with E-state index in [2.05, 4.69) is 9.72 Å². The van der Waals surface area contributed by atoms with E-state index in [0.717, 1.165) is 18.2 Å². The third-order valence-electron chi connectivity index (χ3n) is 2.48. The second-order valence-electron chi connectivity index (χ2n) is 3.87. The van der Waals surface area contributed by atoms with Gasteiger partial charge in [-0.3, -0.25) is 0 Å². The van der Waals surface area contributed by atoms with Gasteiger partial charge >= 0.3 is 6.36 Å². The highest BCUT2D eigenvalue weighted by atomic mass is 19.4. The fraction of sp³-hybridized carbons (Fsp3) is 0.154. The largest absolute Gasteiger partial charge is 0.573 e. The molecule has 2 aromatic rings. The van der Waals surface area contributed by atoms with Crippen LogP contribution in [0.1, 0.15) is 5.56 Å².